The lowest BCUT2D eigenvalue weighted by Gasteiger charge is -1.93. The van der Waals surface area contributed by atoms with E-state index in [-0.39, 0.29) is 0 Å². The molecule has 0 amide bonds. The van der Waals surface area contributed by atoms with Crippen LogP contribution >= 0.6 is 0 Å². The summed E-state index contributed by atoms with van der Waals surface area (Å²) in [5.41, 5.74) is 6.31. The molecule has 0 saturated heterocycles. The molecule has 86 valence electrons. The fourth-order valence-corrected chi connectivity index (χ4v) is 1.53. The van der Waals surface area contributed by atoms with E-state index in [9.17, 15) is 0 Å². The molecule has 2 rings (SSSR count). The van der Waals surface area contributed by atoms with Gasteiger partial charge in [0.2, 0.25) is 11.7 Å². The van der Waals surface area contributed by atoms with Gasteiger partial charge in [0.15, 0.2) is 0 Å². The van der Waals surface area contributed by atoms with E-state index in [0.717, 1.165) is 37.9 Å². The zero-order valence-electron chi connectivity index (χ0n) is 9.15. The van der Waals surface area contributed by atoms with Gasteiger partial charge in [0.25, 0.3) is 0 Å². The standard InChI is InChI=1S/C11H16N4O/c12-7-3-1-2-6-10-14-11(15-16-10)9-5-4-8-13-9/h4-5,8,13H,1-3,6-7,12H2. The van der Waals surface area contributed by atoms with Crippen LogP contribution in [0.3, 0.4) is 0 Å². The molecule has 0 atom stereocenters. The fraction of sp³-hybridized carbons (Fsp3) is 0.455. The van der Waals surface area contributed by atoms with E-state index in [1.54, 1.807) is 0 Å². The maximum absolute atomic E-state index is 5.42. The Hall–Kier alpha value is -1.62. The average molecular weight is 220 g/mol. The van der Waals surface area contributed by atoms with Crippen molar-refractivity contribution in [3.8, 4) is 11.5 Å². The zero-order valence-corrected chi connectivity index (χ0v) is 9.15. The number of hydrogen-bond acceptors (Lipinski definition) is 4. The Morgan fingerprint density at radius 3 is 3.00 bits per heavy atom. The summed E-state index contributed by atoms with van der Waals surface area (Å²) in [4.78, 5) is 7.35. The highest BCUT2D eigenvalue weighted by atomic mass is 16.5. The second kappa shape index (κ2) is 5.46. The molecule has 5 nitrogen and oxygen atoms in total. The van der Waals surface area contributed by atoms with Crippen LogP contribution in [0.2, 0.25) is 0 Å². The quantitative estimate of drug-likeness (QED) is 0.726. The first kappa shape index (κ1) is 10.9. The molecule has 2 aromatic rings. The number of aromatic amines is 1. The smallest absolute Gasteiger partial charge is 0.227 e. The Labute approximate surface area is 94.0 Å². The maximum atomic E-state index is 5.42. The van der Waals surface area contributed by atoms with Crippen LogP contribution in [0.4, 0.5) is 0 Å². The number of nitrogens with one attached hydrogen (secondary N) is 1. The lowest BCUT2D eigenvalue weighted by Crippen LogP contribution is -1.98. The second-order valence-electron chi connectivity index (χ2n) is 3.69. The summed E-state index contributed by atoms with van der Waals surface area (Å²) in [5.74, 6) is 1.32. The number of unbranched alkanes of at least 4 members (excludes halogenated alkanes) is 2. The van der Waals surface area contributed by atoms with Gasteiger partial charge in [-0.05, 0) is 31.5 Å². The molecule has 0 unspecified atom stereocenters. The summed E-state index contributed by atoms with van der Waals surface area (Å²) >= 11 is 0. The predicted molar refractivity (Wildman–Crippen MR) is 60.7 cm³/mol. The summed E-state index contributed by atoms with van der Waals surface area (Å²) in [5, 5.41) is 3.92. The van der Waals surface area contributed by atoms with Crippen molar-refractivity contribution in [2.45, 2.75) is 25.7 Å². The largest absolute Gasteiger partial charge is 0.359 e. The monoisotopic (exact) mass is 220 g/mol. The minimum Gasteiger partial charge on any atom is -0.359 e. The Kier molecular flexibility index (Phi) is 3.71. The third kappa shape index (κ3) is 2.70. The van der Waals surface area contributed by atoms with Crippen LogP contribution in [0.1, 0.15) is 25.2 Å². The molecule has 2 heterocycles. The number of hydrogen-bond donors (Lipinski definition) is 2. The predicted octanol–water partition coefficient (Wildman–Crippen LogP) is 1.74. The highest BCUT2D eigenvalue weighted by molar-refractivity contribution is 5.47. The Bertz CT molecular complexity index is 407. The molecular formula is C11H16N4O. The molecule has 0 spiro atoms. The van der Waals surface area contributed by atoms with Gasteiger partial charge < -0.3 is 15.2 Å². The lowest BCUT2D eigenvalue weighted by molar-refractivity contribution is 0.374. The number of nitrogens with zero attached hydrogens (tertiary/aromatic N) is 2. The van der Waals surface area contributed by atoms with Gasteiger partial charge >= 0.3 is 0 Å². The van der Waals surface area contributed by atoms with Crippen molar-refractivity contribution < 1.29 is 4.52 Å². The van der Waals surface area contributed by atoms with Crippen LogP contribution in [0.15, 0.2) is 22.9 Å². The third-order valence-corrected chi connectivity index (χ3v) is 2.40. The van der Waals surface area contributed by atoms with Gasteiger partial charge in [-0.2, -0.15) is 4.98 Å². The van der Waals surface area contributed by atoms with Gasteiger partial charge in [-0.3, -0.25) is 0 Å². The van der Waals surface area contributed by atoms with Gasteiger partial charge in [0.05, 0.1) is 5.69 Å². The SMILES string of the molecule is NCCCCCc1nc(-c2ccc[nH]2)no1. The van der Waals surface area contributed by atoms with Crippen molar-refractivity contribution in [2.24, 2.45) is 5.73 Å². The number of rotatable bonds is 6. The number of H-pyrrole nitrogens is 1. The Balaban J connectivity index is 1.88. The molecule has 0 aliphatic carbocycles. The Morgan fingerprint density at radius 1 is 1.31 bits per heavy atom. The molecule has 0 bridgehead atoms. The van der Waals surface area contributed by atoms with E-state index in [1.807, 2.05) is 18.3 Å². The molecule has 0 fully saturated rings. The number of nitrogens with two attached hydrogens (primary N) is 1. The van der Waals surface area contributed by atoms with Crippen molar-refractivity contribution in [3.63, 3.8) is 0 Å². The summed E-state index contributed by atoms with van der Waals surface area (Å²) in [7, 11) is 0. The molecule has 5 heteroatoms. The second-order valence-corrected chi connectivity index (χ2v) is 3.69. The van der Waals surface area contributed by atoms with Gasteiger partial charge in [-0.1, -0.05) is 11.6 Å². The van der Waals surface area contributed by atoms with Crippen LogP contribution in [-0.2, 0) is 6.42 Å². The minimum atomic E-state index is 0.624. The highest BCUT2D eigenvalue weighted by Gasteiger charge is 2.08. The van der Waals surface area contributed by atoms with Gasteiger partial charge in [0.1, 0.15) is 0 Å². The van der Waals surface area contributed by atoms with E-state index in [0.29, 0.717) is 11.7 Å². The van der Waals surface area contributed by atoms with E-state index in [4.69, 9.17) is 10.3 Å². The zero-order chi connectivity index (χ0) is 11.2. The summed E-state index contributed by atoms with van der Waals surface area (Å²) < 4.78 is 5.16. The molecule has 0 aromatic carbocycles. The van der Waals surface area contributed by atoms with E-state index >= 15 is 0 Å². The first-order chi connectivity index (χ1) is 7.90. The summed E-state index contributed by atoms with van der Waals surface area (Å²) in [6, 6.07) is 3.83. The van der Waals surface area contributed by atoms with E-state index in [1.165, 1.54) is 0 Å². The molecular weight excluding hydrogens is 204 g/mol. The van der Waals surface area contributed by atoms with E-state index in [2.05, 4.69) is 15.1 Å². The molecule has 16 heavy (non-hydrogen) atoms. The molecule has 3 N–H and O–H groups in total. The molecule has 0 radical (unpaired) electrons. The topological polar surface area (TPSA) is 80.7 Å². The normalized spacial score (nSPS) is 10.8. The first-order valence-electron chi connectivity index (χ1n) is 5.56. The average Bonchev–Trinajstić information content (AvgIpc) is 2.94. The Morgan fingerprint density at radius 2 is 2.25 bits per heavy atom. The lowest BCUT2D eigenvalue weighted by atomic mass is 10.2. The van der Waals surface area contributed by atoms with Crippen molar-refractivity contribution >= 4 is 0 Å². The maximum Gasteiger partial charge on any atom is 0.227 e. The fourth-order valence-electron chi connectivity index (χ4n) is 1.53. The van der Waals surface area contributed by atoms with Crippen molar-refractivity contribution in [3.05, 3.63) is 24.2 Å². The first-order valence-corrected chi connectivity index (χ1v) is 5.56. The van der Waals surface area contributed by atoms with E-state index < -0.39 is 0 Å². The molecule has 0 aliphatic heterocycles. The number of aromatic nitrogens is 3. The third-order valence-electron chi connectivity index (χ3n) is 2.40. The van der Waals surface area contributed by atoms with Gasteiger partial charge in [-0.15, -0.1) is 0 Å². The van der Waals surface area contributed by atoms with Gasteiger partial charge in [0, 0.05) is 12.6 Å². The van der Waals surface area contributed by atoms with Gasteiger partial charge in [-0.25, -0.2) is 0 Å². The van der Waals surface area contributed by atoms with Crippen LogP contribution in [0.5, 0.6) is 0 Å². The van der Waals surface area contributed by atoms with Crippen molar-refractivity contribution in [1.29, 1.82) is 0 Å². The van der Waals surface area contributed by atoms with Crippen LogP contribution in [-0.4, -0.2) is 21.7 Å². The highest BCUT2D eigenvalue weighted by Crippen LogP contribution is 2.13. The summed E-state index contributed by atoms with van der Waals surface area (Å²) in [6.45, 7) is 0.748. The molecule has 0 saturated carbocycles. The number of aryl methyl sites for hydroxylation is 1. The van der Waals surface area contributed by atoms with Crippen LogP contribution < -0.4 is 5.73 Å². The van der Waals surface area contributed by atoms with Crippen LogP contribution in [0.25, 0.3) is 11.5 Å². The van der Waals surface area contributed by atoms with Crippen LogP contribution in [0, 0.1) is 0 Å². The molecule has 0 aliphatic rings. The minimum absolute atomic E-state index is 0.624. The van der Waals surface area contributed by atoms with Crippen molar-refractivity contribution in [2.75, 3.05) is 6.54 Å². The molecule has 2 aromatic heterocycles. The summed E-state index contributed by atoms with van der Waals surface area (Å²) in [6.07, 6.45) is 5.87. The van der Waals surface area contributed by atoms with Crippen molar-refractivity contribution in [1.82, 2.24) is 15.1 Å².